The van der Waals surface area contributed by atoms with Gasteiger partial charge in [0.1, 0.15) is 12.0 Å². The fraction of sp³-hybridized carbons (Fsp3) is 0.333. The molecule has 0 heterocycles. The highest BCUT2D eigenvalue weighted by Crippen LogP contribution is 2.26. The van der Waals surface area contributed by atoms with E-state index in [1.165, 1.54) is 0 Å². The molecular weight excluding hydrogens is 288 g/mol. The molecule has 0 aromatic heterocycles. The molecule has 0 aliphatic rings. The molecular formula is C12H13BrO4. The van der Waals surface area contributed by atoms with Crippen LogP contribution in [0, 0.1) is 0 Å². The third-order valence-corrected chi connectivity index (χ3v) is 2.63. The molecule has 4 nitrogen and oxygen atoms in total. The first kappa shape index (κ1) is 13.7. The summed E-state index contributed by atoms with van der Waals surface area (Å²) in [6, 6.07) is 4.87. The SMILES string of the molecule is CCOC(=O)C(C)Oc1ccc(C=O)cc1Br. The first-order valence-corrected chi connectivity index (χ1v) is 5.95. The van der Waals surface area contributed by atoms with Gasteiger partial charge in [-0.25, -0.2) is 4.79 Å². The van der Waals surface area contributed by atoms with Crippen LogP contribution in [0.1, 0.15) is 24.2 Å². The molecule has 1 unspecified atom stereocenters. The molecule has 0 saturated heterocycles. The highest BCUT2D eigenvalue weighted by molar-refractivity contribution is 9.10. The van der Waals surface area contributed by atoms with Gasteiger partial charge in [-0.05, 0) is 48.0 Å². The molecule has 0 bridgehead atoms. The standard InChI is InChI=1S/C12H13BrO4/c1-3-16-12(15)8(2)17-11-5-4-9(7-14)6-10(11)13/h4-8H,3H2,1-2H3. The van der Waals surface area contributed by atoms with Crippen LogP contribution in [0.4, 0.5) is 0 Å². The van der Waals surface area contributed by atoms with Crippen molar-refractivity contribution in [1.82, 2.24) is 0 Å². The van der Waals surface area contributed by atoms with Crippen molar-refractivity contribution in [3.8, 4) is 5.75 Å². The highest BCUT2D eigenvalue weighted by Gasteiger charge is 2.16. The van der Waals surface area contributed by atoms with Gasteiger partial charge in [0.15, 0.2) is 6.10 Å². The Balaban J connectivity index is 2.74. The lowest BCUT2D eigenvalue weighted by molar-refractivity contribution is -0.150. The van der Waals surface area contributed by atoms with E-state index in [1.54, 1.807) is 32.0 Å². The van der Waals surface area contributed by atoms with Gasteiger partial charge in [0.2, 0.25) is 0 Å². The molecule has 0 radical (unpaired) electrons. The van der Waals surface area contributed by atoms with Crippen LogP contribution in [-0.4, -0.2) is 25.0 Å². The number of halogens is 1. The van der Waals surface area contributed by atoms with Gasteiger partial charge in [-0.1, -0.05) is 0 Å². The average Bonchev–Trinajstić information content (AvgIpc) is 2.31. The van der Waals surface area contributed by atoms with E-state index in [-0.39, 0.29) is 0 Å². The number of benzene rings is 1. The second kappa shape index (κ2) is 6.39. The summed E-state index contributed by atoms with van der Waals surface area (Å²) in [6.45, 7) is 3.66. The molecule has 1 atom stereocenters. The molecule has 1 aromatic carbocycles. The zero-order valence-electron chi connectivity index (χ0n) is 9.60. The van der Waals surface area contributed by atoms with Gasteiger partial charge in [-0.2, -0.15) is 0 Å². The van der Waals surface area contributed by atoms with Crippen LogP contribution >= 0.6 is 15.9 Å². The molecule has 0 N–H and O–H groups in total. The van der Waals surface area contributed by atoms with Crippen molar-refractivity contribution in [2.24, 2.45) is 0 Å². The van der Waals surface area contributed by atoms with E-state index in [1.807, 2.05) is 0 Å². The predicted octanol–water partition coefficient (Wildman–Crippen LogP) is 2.59. The molecule has 0 saturated carbocycles. The molecule has 1 aromatic rings. The molecule has 92 valence electrons. The van der Waals surface area contributed by atoms with Gasteiger partial charge < -0.3 is 9.47 Å². The summed E-state index contributed by atoms with van der Waals surface area (Å²) >= 11 is 3.27. The van der Waals surface area contributed by atoms with Crippen molar-refractivity contribution >= 4 is 28.2 Å². The number of hydrogen-bond donors (Lipinski definition) is 0. The van der Waals surface area contributed by atoms with Gasteiger partial charge in [0, 0.05) is 5.56 Å². The Labute approximate surface area is 108 Å². The van der Waals surface area contributed by atoms with E-state index >= 15 is 0 Å². The number of hydrogen-bond acceptors (Lipinski definition) is 4. The molecule has 0 amide bonds. The highest BCUT2D eigenvalue weighted by atomic mass is 79.9. The third kappa shape index (κ3) is 3.85. The summed E-state index contributed by atoms with van der Waals surface area (Å²) < 4.78 is 10.9. The van der Waals surface area contributed by atoms with Crippen molar-refractivity contribution in [3.05, 3.63) is 28.2 Å². The second-order valence-electron chi connectivity index (χ2n) is 3.32. The van der Waals surface area contributed by atoms with Crippen LogP contribution in [0.25, 0.3) is 0 Å². The summed E-state index contributed by atoms with van der Waals surface area (Å²) in [5.41, 5.74) is 0.535. The zero-order chi connectivity index (χ0) is 12.8. The summed E-state index contributed by atoms with van der Waals surface area (Å²) in [4.78, 5) is 21.9. The maximum atomic E-state index is 11.4. The van der Waals surface area contributed by atoms with Gasteiger partial charge in [-0.15, -0.1) is 0 Å². The van der Waals surface area contributed by atoms with E-state index in [4.69, 9.17) is 9.47 Å². The first-order valence-electron chi connectivity index (χ1n) is 5.16. The molecule has 5 heteroatoms. The minimum absolute atomic E-state index is 0.317. The third-order valence-electron chi connectivity index (χ3n) is 2.01. The van der Waals surface area contributed by atoms with Gasteiger partial charge in [-0.3, -0.25) is 4.79 Å². The smallest absolute Gasteiger partial charge is 0.347 e. The molecule has 1 rings (SSSR count). The zero-order valence-corrected chi connectivity index (χ0v) is 11.2. The molecule has 17 heavy (non-hydrogen) atoms. The summed E-state index contributed by atoms with van der Waals surface area (Å²) in [5, 5.41) is 0. The summed E-state index contributed by atoms with van der Waals surface area (Å²) in [7, 11) is 0. The Morgan fingerprint density at radius 3 is 2.76 bits per heavy atom. The van der Waals surface area contributed by atoms with E-state index in [0.717, 1.165) is 6.29 Å². The van der Waals surface area contributed by atoms with E-state index in [0.29, 0.717) is 22.4 Å². The van der Waals surface area contributed by atoms with E-state index < -0.39 is 12.1 Å². The van der Waals surface area contributed by atoms with Gasteiger partial charge in [0.05, 0.1) is 11.1 Å². The monoisotopic (exact) mass is 300 g/mol. The summed E-state index contributed by atoms with van der Waals surface area (Å²) in [5.74, 6) is 0.0787. The van der Waals surface area contributed by atoms with Crippen LogP contribution in [0.5, 0.6) is 5.75 Å². The van der Waals surface area contributed by atoms with Crippen LogP contribution in [0.15, 0.2) is 22.7 Å². The fourth-order valence-electron chi connectivity index (χ4n) is 1.18. The number of aldehydes is 1. The lowest BCUT2D eigenvalue weighted by Gasteiger charge is -2.14. The van der Waals surface area contributed by atoms with Crippen molar-refractivity contribution in [2.75, 3.05) is 6.61 Å². The van der Waals surface area contributed by atoms with Crippen molar-refractivity contribution in [2.45, 2.75) is 20.0 Å². The largest absolute Gasteiger partial charge is 0.478 e. The lowest BCUT2D eigenvalue weighted by atomic mass is 10.2. The van der Waals surface area contributed by atoms with E-state index in [2.05, 4.69) is 15.9 Å². The van der Waals surface area contributed by atoms with Crippen LogP contribution < -0.4 is 4.74 Å². The Kier molecular flexibility index (Phi) is 5.15. The Hall–Kier alpha value is -1.36. The van der Waals surface area contributed by atoms with Gasteiger partial charge >= 0.3 is 5.97 Å². The quantitative estimate of drug-likeness (QED) is 0.619. The Morgan fingerprint density at radius 1 is 1.53 bits per heavy atom. The van der Waals surface area contributed by atoms with Crippen LogP contribution in [0.2, 0.25) is 0 Å². The number of carbonyl (C=O) groups excluding carboxylic acids is 2. The normalized spacial score (nSPS) is 11.7. The number of ether oxygens (including phenoxy) is 2. The van der Waals surface area contributed by atoms with Crippen LogP contribution in [0.3, 0.4) is 0 Å². The molecule has 0 fully saturated rings. The minimum atomic E-state index is -0.687. The topological polar surface area (TPSA) is 52.6 Å². The van der Waals surface area contributed by atoms with Gasteiger partial charge in [0.25, 0.3) is 0 Å². The Bertz CT molecular complexity index is 417. The predicted molar refractivity (Wildman–Crippen MR) is 66.3 cm³/mol. The maximum Gasteiger partial charge on any atom is 0.347 e. The minimum Gasteiger partial charge on any atom is -0.478 e. The molecule has 0 aliphatic heterocycles. The maximum absolute atomic E-state index is 11.4. The van der Waals surface area contributed by atoms with Crippen molar-refractivity contribution < 1.29 is 19.1 Å². The second-order valence-corrected chi connectivity index (χ2v) is 4.17. The number of carbonyl (C=O) groups is 2. The molecule has 0 aliphatic carbocycles. The van der Waals surface area contributed by atoms with Crippen molar-refractivity contribution in [1.29, 1.82) is 0 Å². The lowest BCUT2D eigenvalue weighted by Crippen LogP contribution is -2.26. The number of esters is 1. The van der Waals surface area contributed by atoms with E-state index in [9.17, 15) is 9.59 Å². The fourth-order valence-corrected chi connectivity index (χ4v) is 1.67. The molecule has 0 spiro atoms. The van der Waals surface area contributed by atoms with Crippen molar-refractivity contribution in [3.63, 3.8) is 0 Å². The summed E-state index contributed by atoms with van der Waals surface area (Å²) in [6.07, 6.45) is 0.0527. The average molecular weight is 301 g/mol. The van der Waals surface area contributed by atoms with Crippen LogP contribution in [-0.2, 0) is 9.53 Å². The first-order chi connectivity index (χ1) is 8.08. The Morgan fingerprint density at radius 2 is 2.24 bits per heavy atom. The number of rotatable bonds is 5.